The molecule has 1 unspecified atom stereocenters. The van der Waals surface area contributed by atoms with Gasteiger partial charge in [0.05, 0.1) is 5.69 Å². The number of urea groups is 1. The smallest absolute Gasteiger partial charge is 0.330 e. The number of aromatic nitrogens is 2. The third-order valence-electron chi connectivity index (χ3n) is 7.61. The van der Waals surface area contributed by atoms with Gasteiger partial charge in [0.25, 0.3) is 0 Å². The molecule has 4 rings (SSSR count). The van der Waals surface area contributed by atoms with Crippen molar-refractivity contribution in [3.05, 3.63) is 52.6 Å². The number of likely N-dealkylation sites (N-methyl/N-ethyl adjacent to an activating group) is 1. The van der Waals surface area contributed by atoms with Gasteiger partial charge in [-0.25, -0.2) is 9.59 Å². The van der Waals surface area contributed by atoms with Gasteiger partial charge in [0.2, 0.25) is 0 Å². The summed E-state index contributed by atoms with van der Waals surface area (Å²) < 4.78 is 1.50. The van der Waals surface area contributed by atoms with E-state index in [0.29, 0.717) is 31.1 Å². The van der Waals surface area contributed by atoms with Crippen LogP contribution in [0.1, 0.15) is 38.2 Å². The molecular formula is C26H39N7O2. The molecule has 1 aromatic carbocycles. The number of hydrogen-bond donors (Lipinski definition) is 3. The topological polar surface area (TPSA) is 109 Å². The molecule has 0 bridgehead atoms. The highest BCUT2D eigenvalue weighted by molar-refractivity contribution is 5.88. The van der Waals surface area contributed by atoms with Crippen molar-refractivity contribution in [1.82, 2.24) is 24.7 Å². The average Bonchev–Trinajstić information content (AvgIpc) is 2.89. The maximum Gasteiger partial charge on any atom is 0.354 e. The molecule has 190 valence electrons. The zero-order valence-electron chi connectivity index (χ0n) is 20.9. The van der Waals surface area contributed by atoms with E-state index in [-0.39, 0.29) is 11.8 Å². The van der Waals surface area contributed by atoms with Crippen molar-refractivity contribution in [2.24, 2.45) is 11.7 Å². The number of carbonyl (C=O) groups is 1. The van der Waals surface area contributed by atoms with E-state index in [0.717, 1.165) is 31.7 Å². The SMILES string of the molecule is CC(Cc1ccc(-n2ccc(NC(=O)N3CCNCC3)nc2=O)cc1)N(C)C1CCC(CN)CC1. The Labute approximate surface area is 207 Å². The molecule has 9 heteroatoms. The maximum absolute atomic E-state index is 12.6. The number of benzene rings is 1. The number of amides is 2. The van der Waals surface area contributed by atoms with Crippen LogP contribution in [0, 0.1) is 5.92 Å². The van der Waals surface area contributed by atoms with Crippen molar-refractivity contribution in [2.75, 3.05) is 45.1 Å². The van der Waals surface area contributed by atoms with Gasteiger partial charge in [-0.3, -0.25) is 9.88 Å². The minimum atomic E-state index is -0.419. The van der Waals surface area contributed by atoms with Gasteiger partial charge in [-0.15, -0.1) is 0 Å². The predicted octanol–water partition coefficient (Wildman–Crippen LogP) is 2.05. The summed E-state index contributed by atoms with van der Waals surface area (Å²) in [6.45, 7) is 5.90. The molecule has 2 heterocycles. The first-order valence-corrected chi connectivity index (χ1v) is 12.8. The first-order chi connectivity index (χ1) is 16.9. The highest BCUT2D eigenvalue weighted by Gasteiger charge is 2.25. The lowest BCUT2D eigenvalue weighted by molar-refractivity contribution is 0.129. The van der Waals surface area contributed by atoms with Crippen LogP contribution in [0.4, 0.5) is 10.6 Å². The lowest BCUT2D eigenvalue weighted by Gasteiger charge is -2.38. The quantitative estimate of drug-likeness (QED) is 0.559. The van der Waals surface area contributed by atoms with Gasteiger partial charge in [-0.1, -0.05) is 12.1 Å². The van der Waals surface area contributed by atoms with E-state index in [4.69, 9.17) is 5.73 Å². The zero-order valence-corrected chi connectivity index (χ0v) is 20.9. The predicted molar refractivity (Wildman–Crippen MR) is 139 cm³/mol. The van der Waals surface area contributed by atoms with Gasteiger partial charge in [0.15, 0.2) is 0 Å². The van der Waals surface area contributed by atoms with Gasteiger partial charge in [0, 0.05) is 44.5 Å². The third-order valence-corrected chi connectivity index (χ3v) is 7.61. The summed E-state index contributed by atoms with van der Waals surface area (Å²) in [6.07, 6.45) is 7.53. The number of nitrogens with two attached hydrogens (primary N) is 1. The fraction of sp³-hybridized carbons (Fsp3) is 0.577. The molecule has 4 N–H and O–H groups in total. The minimum absolute atomic E-state index is 0.230. The molecule has 0 radical (unpaired) electrons. The zero-order chi connectivity index (χ0) is 24.8. The van der Waals surface area contributed by atoms with Crippen LogP contribution in [-0.4, -0.2) is 77.2 Å². The molecule has 2 fully saturated rings. The second-order valence-electron chi connectivity index (χ2n) is 9.93. The largest absolute Gasteiger partial charge is 0.354 e. The summed E-state index contributed by atoms with van der Waals surface area (Å²) in [5.41, 5.74) is 7.42. The van der Waals surface area contributed by atoms with Crippen molar-refractivity contribution in [3.63, 3.8) is 0 Å². The monoisotopic (exact) mass is 481 g/mol. The Kier molecular flexibility index (Phi) is 8.54. The summed E-state index contributed by atoms with van der Waals surface area (Å²) in [5.74, 6) is 0.960. The van der Waals surface area contributed by atoms with Crippen molar-refractivity contribution >= 4 is 11.8 Å². The van der Waals surface area contributed by atoms with E-state index in [2.05, 4.69) is 46.6 Å². The number of carbonyl (C=O) groups excluding carboxylic acids is 1. The molecular weight excluding hydrogens is 442 g/mol. The fourth-order valence-corrected chi connectivity index (χ4v) is 5.15. The molecule has 9 nitrogen and oxygen atoms in total. The second kappa shape index (κ2) is 11.8. The summed E-state index contributed by atoms with van der Waals surface area (Å²) in [7, 11) is 2.24. The highest BCUT2D eigenvalue weighted by atomic mass is 16.2. The normalized spacial score (nSPS) is 21.7. The molecule has 35 heavy (non-hydrogen) atoms. The Morgan fingerprint density at radius 3 is 2.49 bits per heavy atom. The molecule has 1 aliphatic carbocycles. The van der Waals surface area contributed by atoms with Gasteiger partial charge in [0.1, 0.15) is 5.82 Å². The number of nitrogens with one attached hydrogen (secondary N) is 2. The molecule has 2 amide bonds. The van der Waals surface area contributed by atoms with Gasteiger partial charge in [-0.2, -0.15) is 4.98 Å². The van der Waals surface area contributed by atoms with E-state index >= 15 is 0 Å². The first kappa shape index (κ1) is 25.3. The van der Waals surface area contributed by atoms with E-state index in [9.17, 15) is 9.59 Å². The van der Waals surface area contributed by atoms with Crippen molar-refractivity contribution in [3.8, 4) is 5.69 Å². The molecule has 2 aromatic rings. The molecule has 1 saturated carbocycles. The van der Waals surface area contributed by atoms with Crippen LogP contribution in [0.3, 0.4) is 0 Å². The van der Waals surface area contributed by atoms with Crippen LogP contribution >= 0.6 is 0 Å². The molecule has 1 saturated heterocycles. The Bertz CT molecular complexity index is 1020. The fourth-order valence-electron chi connectivity index (χ4n) is 5.15. The maximum atomic E-state index is 12.6. The molecule has 2 aliphatic rings. The number of anilines is 1. The van der Waals surface area contributed by atoms with E-state index < -0.39 is 5.69 Å². The lowest BCUT2D eigenvalue weighted by atomic mass is 9.85. The average molecular weight is 482 g/mol. The van der Waals surface area contributed by atoms with Crippen molar-refractivity contribution < 1.29 is 4.79 Å². The molecule has 1 aliphatic heterocycles. The minimum Gasteiger partial charge on any atom is -0.330 e. The number of piperazine rings is 1. The highest BCUT2D eigenvalue weighted by Crippen LogP contribution is 2.28. The van der Waals surface area contributed by atoms with Crippen LogP contribution in [0.25, 0.3) is 5.69 Å². The lowest BCUT2D eigenvalue weighted by Crippen LogP contribution is -2.48. The van der Waals surface area contributed by atoms with Crippen LogP contribution in [-0.2, 0) is 6.42 Å². The molecule has 1 atom stereocenters. The standard InChI is InChI=1S/C26H39N7O2/c1-19(31(2)22-7-5-21(18-27)6-8-22)17-20-3-9-23(10-4-20)33-14-11-24(30-26(33)35)29-25(34)32-15-12-28-13-16-32/h3-4,9-11,14,19,21-22,28H,5-8,12-13,15-18,27H2,1-2H3,(H,29,30,34,35). The van der Waals surface area contributed by atoms with Gasteiger partial charge >= 0.3 is 11.7 Å². The number of rotatable bonds is 7. The summed E-state index contributed by atoms with van der Waals surface area (Å²) in [5, 5.41) is 5.94. The first-order valence-electron chi connectivity index (χ1n) is 12.8. The number of hydrogen-bond acceptors (Lipinski definition) is 6. The van der Waals surface area contributed by atoms with Crippen LogP contribution in [0.15, 0.2) is 41.3 Å². The third kappa shape index (κ3) is 6.48. The van der Waals surface area contributed by atoms with Crippen LogP contribution in [0.5, 0.6) is 0 Å². The Balaban J connectivity index is 1.34. The second-order valence-corrected chi connectivity index (χ2v) is 9.93. The Morgan fingerprint density at radius 2 is 1.86 bits per heavy atom. The summed E-state index contributed by atoms with van der Waals surface area (Å²) in [4.78, 5) is 33.3. The van der Waals surface area contributed by atoms with E-state index in [1.165, 1.54) is 35.8 Å². The number of nitrogens with zero attached hydrogens (tertiary/aromatic N) is 4. The van der Waals surface area contributed by atoms with Gasteiger partial charge < -0.3 is 20.9 Å². The Morgan fingerprint density at radius 1 is 1.17 bits per heavy atom. The van der Waals surface area contributed by atoms with Crippen LogP contribution in [0.2, 0.25) is 0 Å². The summed E-state index contributed by atoms with van der Waals surface area (Å²) in [6, 6.07) is 10.6. The Hall–Kier alpha value is -2.75. The molecule has 0 spiro atoms. The molecule has 1 aromatic heterocycles. The van der Waals surface area contributed by atoms with Crippen molar-refractivity contribution in [2.45, 2.75) is 51.1 Å². The van der Waals surface area contributed by atoms with Crippen molar-refractivity contribution in [1.29, 1.82) is 0 Å². The van der Waals surface area contributed by atoms with E-state index in [1.807, 2.05) is 12.1 Å². The summed E-state index contributed by atoms with van der Waals surface area (Å²) >= 11 is 0. The van der Waals surface area contributed by atoms with Gasteiger partial charge in [-0.05, 0) is 82.3 Å². The van der Waals surface area contributed by atoms with E-state index in [1.54, 1.807) is 17.2 Å². The van der Waals surface area contributed by atoms with Crippen LogP contribution < -0.4 is 22.1 Å².